The van der Waals surface area contributed by atoms with E-state index in [1.165, 1.54) is 4.70 Å². The van der Waals surface area contributed by atoms with E-state index in [0.717, 1.165) is 49.1 Å². The number of aromatic nitrogens is 5. The second-order valence-corrected chi connectivity index (χ2v) is 9.38. The Labute approximate surface area is 170 Å². The molecule has 150 valence electrons. The number of piperazine rings is 1. The van der Waals surface area contributed by atoms with Crippen molar-refractivity contribution in [3.63, 3.8) is 0 Å². The molecule has 1 saturated heterocycles. The molecule has 0 amide bonds. The lowest BCUT2D eigenvalue weighted by Gasteiger charge is -2.36. The molecule has 1 fully saturated rings. The number of thiazole rings is 1. The Morgan fingerprint density at radius 3 is 2.54 bits per heavy atom. The molecule has 0 bridgehead atoms. The van der Waals surface area contributed by atoms with Crippen LogP contribution >= 0.6 is 11.3 Å². The van der Waals surface area contributed by atoms with Gasteiger partial charge in [0.15, 0.2) is 5.13 Å². The van der Waals surface area contributed by atoms with Gasteiger partial charge in [-0.1, -0.05) is 37.3 Å². The average Bonchev–Trinajstić information content (AvgIpc) is 3.33. The second-order valence-electron chi connectivity index (χ2n) is 8.37. The fourth-order valence-electron chi connectivity index (χ4n) is 4.05. The highest BCUT2D eigenvalue weighted by atomic mass is 32.1. The molecular formula is C20H30N7S+. The third-order valence-corrected chi connectivity index (χ3v) is 6.57. The second kappa shape index (κ2) is 8.13. The highest BCUT2D eigenvalue weighted by molar-refractivity contribution is 7.22. The topological polar surface area (TPSA) is 64.2 Å². The van der Waals surface area contributed by atoms with Crippen LogP contribution in [0.4, 0.5) is 5.13 Å². The van der Waals surface area contributed by atoms with E-state index in [0.29, 0.717) is 12.0 Å². The number of hydrogen-bond acceptors (Lipinski definition) is 6. The number of rotatable bonds is 6. The highest BCUT2D eigenvalue weighted by Crippen LogP contribution is 2.28. The van der Waals surface area contributed by atoms with Crippen molar-refractivity contribution in [2.24, 2.45) is 5.92 Å². The van der Waals surface area contributed by atoms with E-state index in [-0.39, 0.29) is 6.04 Å². The first kappa shape index (κ1) is 19.3. The molecule has 0 saturated carbocycles. The Hall–Kier alpha value is -2.06. The Bertz CT molecular complexity index is 875. The summed E-state index contributed by atoms with van der Waals surface area (Å²) in [5.41, 5.74) is 1.10. The predicted molar refractivity (Wildman–Crippen MR) is 113 cm³/mol. The number of fused-ring (bicyclic) bond motifs is 1. The van der Waals surface area contributed by atoms with E-state index in [1.54, 1.807) is 16.2 Å². The van der Waals surface area contributed by atoms with Gasteiger partial charge in [-0.2, -0.15) is 0 Å². The molecule has 1 aliphatic heterocycles. The normalized spacial score (nSPS) is 17.1. The van der Waals surface area contributed by atoms with Crippen molar-refractivity contribution in [2.45, 2.75) is 46.2 Å². The number of quaternary nitrogens is 1. The monoisotopic (exact) mass is 400 g/mol. The number of anilines is 1. The number of nitrogens with zero attached hydrogens (tertiary/aromatic N) is 6. The molecule has 1 N–H and O–H groups in total. The zero-order valence-electron chi connectivity index (χ0n) is 17.2. The van der Waals surface area contributed by atoms with Gasteiger partial charge in [0.25, 0.3) is 0 Å². The summed E-state index contributed by atoms with van der Waals surface area (Å²) in [5.74, 6) is 1.64. The lowest BCUT2D eigenvalue weighted by atomic mass is 10.0. The van der Waals surface area contributed by atoms with Crippen LogP contribution in [0.15, 0.2) is 24.3 Å². The van der Waals surface area contributed by atoms with E-state index in [1.807, 2.05) is 4.68 Å². The third kappa shape index (κ3) is 3.89. The predicted octanol–water partition coefficient (Wildman–Crippen LogP) is 2.36. The molecule has 0 spiro atoms. The van der Waals surface area contributed by atoms with Gasteiger partial charge in [0.2, 0.25) is 5.82 Å². The van der Waals surface area contributed by atoms with Crippen LogP contribution in [0.2, 0.25) is 0 Å². The number of tetrazole rings is 1. The average molecular weight is 401 g/mol. The van der Waals surface area contributed by atoms with Crippen molar-refractivity contribution in [1.29, 1.82) is 0 Å². The number of para-hydroxylation sites is 1. The van der Waals surface area contributed by atoms with Crippen molar-refractivity contribution < 1.29 is 4.90 Å². The fourth-order valence-corrected chi connectivity index (χ4v) is 5.07. The number of benzene rings is 1. The molecule has 4 rings (SSSR count). The first-order valence-corrected chi connectivity index (χ1v) is 11.1. The van der Waals surface area contributed by atoms with Crippen LogP contribution in [0, 0.1) is 5.92 Å². The smallest absolute Gasteiger partial charge is 0.209 e. The SMILES string of the molecule is CC(C)C[C@H](c1nnnn1C(C)C)[NH+]1CCN(c2nc3ccccc3s2)CC1. The van der Waals surface area contributed by atoms with Crippen LogP contribution in [-0.2, 0) is 0 Å². The lowest BCUT2D eigenvalue weighted by molar-refractivity contribution is -0.934. The quantitative estimate of drug-likeness (QED) is 0.688. The van der Waals surface area contributed by atoms with Gasteiger partial charge >= 0.3 is 0 Å². The molecule has 1 aliphatic rings. The molecule has 1 aromatic carbocycles. The molecule has 0 unspecified atom stereocenters. The van der Waals surface area contributed by atoms with Gasteiger partial charge in [0.05, 0.1) is 42.4 Å². The van der Waals surface area contributed by atoms with Gasteiger partial charge in [-0.05, 0) is 42.3 Å². The van der Waals surface area contributed by atoms with Gasteiger partial charge in [0.1, 0.15) is 6.04 Å². The first-order chi connectivity index (χ1) is 13.5. The lowest BCUT2D eigenvalue weighted by Crippen LogP contribution is -3.15. The van der Waals surface area contributed by atoms with Crippen LogP contribution in [0.25, 0.3) is 10.2 Å². The summed E-state index contributed by atoms with van der Waals surface area (Å²) in [7, 11) is 0. The van der Waals surface area contributed by atoms with Crippen molar-refractivity contribution in [3.05, 3.63) is 30.1 Å². The van der Waals surface area contributed by atoms with E-state index in [4.69, 9.17) is 4.98 Å². The van der Waals surface area contributed by atoms with Crippen molar-refractivity contribution >= 4 is 26.7 Å². The molecule has 7 nitrogen and oxygen atoms in total. The van der Waals surface area contributed by atoms with Crippen molar-refractivity contribution in [2.75, 3.05) is 31.1 Å². The van der Waals surface area contributed by atoms with E-state index in [9.17, 15) is 0 Å². The Balaban J connectivity index is 1.50. The fraction of sp³-hybridized carbons (Fsp3) is 0.600. The molecule has 8 heteroatoms. The van der Waals surface area contributed by atoms with Gasteiger partial charge in [-0.3, -0.25) is 0 Å². The highest BCUT2D eigenvalue weighted by Gasteiger charge is 2.34. The number of hydrogen-bond donors (Lipinski definition) is 1. The summed E-state index contributed by atoms with van der Waals surface area (Å²) in [6.07, 6.45) is 1.10. The van der Waals surface area contributed by atoms with Crippen LogP contribution < -0.4 is 9.80 Å². The van der Waals surface area contributed by atoms with Crippen LogP contribution in [0.5, 0.6) is 0 Å². The Morgan fingerprint density at radius 1 is 1.11 bits per heavy atom. The molecule has 0 aliphatic carbocycles. The molecule has 1 atom stereocenters. The summed E-state index contributed by atoms with van der Waals surface area (Å²) < 4.78 is 3.26. The minimum Gasteiger partial charge on any atom is -0.337 e. The largest absolute Gasteiger partial charge is 0.337 e. The minimum atomic E-state index is 0.281. The molecule has 2 aromatic heterocycles. The van der Waals surface area contributed by atoms with Crippen molar-refractivity contribution in [1.82, 2.24) is 25.2 Å². The minimum absolute atomic E-state index is 0.281. The number of nitrogens with one attached hydrogen (secondary N) is 1. The van der Waals surface area contributed by atoms with Crippen LogP contribution in [0.1, 0.15) is 52.0 Å². The molecule has 3 aromatic rings. The van der Waals surface area contributed by atoms with E-state index < -0.39 is 0 Å². The molecule has 28 heavy (non-hydrogen) atoms. The maximum Gasteiger partial charge on any atom is 0.209 e. The maximum atomic E-state index is 4.84. The Kier molecular flexibility index (Phi) is 5.59. The van der Waals surface area contributed by atoms with Gasteiger partial charge in [0, 0.05) is 6.42 Å². The van der Waals surface area contributed by atoms with Crippen LogP contribution in [-0.4, -0.2) is 51.4 Å². The summed E-state index contributed by atoms with van der Waals surface area (Å²) in [6, 6.07) is 9.02. The third-order valence-electron chi connectivity index (χ3n) is 5.48. The molecule has 0 radical (unpaired) electrons. The zero-order valence-corrected chi connectivity index (χ0v) is 18.0. The van der Waals surface area contributed by atoms with Gasteiger partial charge in [-0.25, -0.2) is 9.67 Å². The van der Waals surface area contributed by atoms with Gasteiger partial charge < -0.3 is 9.80 Å². The van der Waals surface area contributed by atoms with E-state index in [2.05, 4.69) is 72.4 Å². The summed E-state index contributed by atoms with van der Waals surface area (Å²) in [5, 5.41) is 13.8. The zero-order chi connectivity index (χ0) is 19.7. The Morgan fingerprint density at radius 2 is 1.86 bits per heavy atom. The van der Waals surface area contributed by atoms with Crippen LogP contribution in [0.3, 0.4) is 0 Å². The standard InChI is InChI=1S/C20H29N7S/c1-14(2)13-17(19-22-23-24-27(19)15(3)4)25-9-11-26(12-10-25)20-21-16-7-5-6-8-18(16)28-20/h5-8,14-15,17H,9-13H2,1-4H3/p+1/t17-/m1/s1. The maximum absolute atomic E-state index is 4.84. The first-order valence-electron chi connectivity index (χ1n) is 10.3. The van der Waals surface area contributed by atoms with E-state index >= 15 is 0 Å². The summed E-state index contributed by atoms with van der Waals surface area (Å²) in [4.78, 5) is 8.86. The van der Waals surface area contributed by atoms with Crippen molar-refractivity contribution in [3.8, 4) is 0 Å². The molecular weight excluding hydrogens is 370 g/mol. The summed E-state index contributed by atoms with van der Waals surface area (Å²) in [6.45, 7) is 13.1. The molecule has 3 heterocycles. The van der Waals surface area contributed by atoms with Gasteiger partial charge in [-0.15, -0.1) is 5.10 Å². The summed E-state index contributed by atoms with van der Waals surface area (Å²) >= 11 is 1.80.